The number of hydrogen-bond acceptors (Lipinski definition) is 5. The zero-order chi connectivity index (χ0) is 21.8. The summed E-state index contributed by atoms with van der Waals surface area (Å²) in [5.74, 6) is -0.440. The normalized spacial score (nSPS) is 30.7. The van der Waals surface area contributed by atoms with Gasteiger partial charge in [0.25, 0.3) is 0 Å². The van der Waals surface area contributed by atoms with Crippen molar-refractivity contribution in [1.82, 2.24) is 0 Å². The zero-order valence-electron chi connectivity index (χ0n) is 19.3. The summed E-state index contributed by atoms with van der Waals surface area (Å²) < 4.78 is 18.2. The largest absolute Gasteiger partial charge is 0.458 e. The Morgan fingerprint density at radius 3 is 2.48 bits per heavy atom. The van der Waals surface area contributed by atoms with Crippen LogP contribution in [0.4, 0.5) is 0 Å². The second kappa shape index (κ2) is 9.88. The van der Waals surface area contributed by atoms with Gasteiger partial charge in [-0.1, -0.05) is 46.6 Å². The van der Waals surface area contributed by atoms with E-state index in [1.165, 1.54) is 6.92 Å². The van der Waals surface area contributed by atoms with Crippen molar-refractivity contribution in [3.63, 3.8) is 0 Å². The molecule has 2 fully saturated rings. The third-order valence-corrected chi connectivity index (χ3v) is 11.3. The SMILES string of the molecule is CCCCCC(/C=C/[C@@H]1[C@H](C=O)[C@H]2O[C@@H]1C[C@@H]2O[Si](C)(C)C(C)(C)C)OC(C)=O. The van der Waals surface area contributed by atoms with Gasteiger partial charge in [-0.25, -0.2) is 0 Å². The van der Waals surface area contributed by atoms with Gasteiger partial charge in [0.15, 0.2) is 8.32 Å². The van der Waals surface area contributed by atoms with E-state index in [1.807, 2.05) is 12.2 Å². The van der Waals surface area contributed by atoms with Crippen molar-refractivity contribution in [3.8, 4) is 0 Å². The van der Waals surface area contributed by atoms with Gasteiger partial charge in [-0.15, -0.1) is 0 Å². The zero-order valence-corrected chi connectivity index (χ0v) is 20.3. The summed E-state index contributed by atoms with van der Waals surface area (Å²) in [6, 6.07) is 0. The van der Waals surface area contributed by atoms with Crippen LogP contribution in [0.3, 0.4) is 0 Å². The number of rotatable bonds is 10. The maximum Gasteiger partial charge on any atom is 0.303 e. The van der Waals surface area contributed by atoms with Gasteiger partial charge in [0.1, 0.15) is 12.4 Å². The first-order chi connectivity index (χ1) is 13.5. The maximum absolute atomic E-state index is 11.9. The van der Waals surface area contributed by atoms with Gasteiger partial charge < -0.3 is 18.7 Å². The molecule has 2 heterocycles. The summed E-state index contributed by atoms with van der Waals surface area (Å²) in [4.78, 5) is 23.3. The monoisotopic (exact) mass is 424 g/mol. The molecule has 0 aliphatic carbocycles. The Labute approximate surface area is 177 Å². The smallest absolute Gasteiger partial charge is 0.303 e. The molecule has 0 aromatic rings. The number of aldehydes is 1. The van der Waals surface area contributed by atoms with Crippen LogP contribution in [0.25, 0.3) is 0 Å². The lowest BCUT2D eigenvalue weighted by molar-refractivity contribution is -0.144. The van der Waals surface area contributed by atoms with Crippen molar-refractivity contribution in [2.75, 3.05) is 0 Å². The van der Waals surface area contributed by atoms with E-state index in [-0.39, 0.29) is 47.3 Å². The third kappa shape index (κ3) is 6.02. The first-order valence-corrected chi connectivity index (χ1v) is 14.0. The molecule has 0 spiro atoms. The first kappa shape index (κ1) is 24.3. The number of esters is 1. The Balaban J connectivity index is 2.04. The molecule has 2 saturated heterocycles. The fraction of sp³-hybridized carbons (Fsp3) is 0.826. The highest BCUT2D eigenvalue weighted by molar-refractivity contribution is 6.74. The van der Waals surface area contributed by atoms with Gasteiger partial charge in [0.2, 0.25) is 0 Å². The molecule has 0 aromatic carbocycles. The van der Waals surface area contributed by atoms with Gasteiger partial charge in [-0.3, -0.25) is 4.79 Å². The summed E-state index contributed by atoms with van der Waals surface area (Å²) >= 11 is 0. The predicted octanol–water partition coefficient (Wildman–Crippen LogP) is 5.05. The van der Waals surface area contributed by atoms with E-state index in [0.717, 1.165) is 38.4 Å². The topological polar surface area (TPSA) is 61.8 Å². The van der Waals surface area contributed by atoms with Crippen LogP contribution >= 0.6 is 0 Å². The van der Waals surface area contributed by atoms with Crippen LogP contribution in [0, 0.1) is 11.8 Å². The average molecular weight is 425 g/mol. The Kier molecular flexibility index (Phi) is 8.28. The van der Waals surface area contributed by atoms with Crippen molar-refractivity contribution in [2.45, 2.75) is 109 Å². The number of ether oxygens (including phenoxy) is 2. The first-order valence-electron chi connectivity index (χ1n) is 11.1. The molecule has 2 rings (SSSR count). The fourth-order valence-corrected chi connectivity index (χ4v) is 5.45. The molecular formula is C23H40O5Si. The minimum absolute atomic E-state index is 0.00478. The van der Waals surface area contributed by atoms with Crippen LogP contribution in [-0.2, 0) is 23.5 Å². The van der Waals surface area contributed by atoms with Crippen molar-refractivity contribution in [3.05, 3.63) is 12.2 Å². The van der Waals surface area contributed by atoms with E-state index in [4.69, 9.17) is 13.9 Å². The Morgan fingerprint density at radius 2 is 1.93 bits per heavy atom. The minimum Gasteiger partial charge on any atom is -0.458 e. The summed E-state index contributed by atoms with van der Waals surface area (Å²) in [6.45, 7) is 14.8. The Hall–Kier alpha value is -0.983. The van der Waals surface area contributed by atoms with E-state index < -0.39 is 8.32 Å². The lowest BCUT2D eigenvalue weighted by atomic mass is 9.78. The number of carbonyl (C=O) groups excluding carboxylic acids is 2. The minimum atomic E-state index is -1.92. The van der Waals surface area contributed by atoms with E-state index in [9.17, 15) is 9.59 Å². The number of fused-ring (bicyclic) bond motifs is 2. The highest BCUT2D eigenvalue weighted by Gasteiger charge is 2.55. The van der Waals surface area contributed by atoms with Crippen LogP contribution in [-0.4, -0.2) is 45.0 Å². The van der Waals surface area contributed by atoms with Gasteiger partial charge >= 0.3 is 5.97 Å². The molecule has 2 bridgehead atoms. The van der Waals surface area contributed by atoms with Crippen LogP contribution < -0.4 is 0 Å². The highest BCUT2D eigenvalue weighted by Crippen LogP contribution is 2.47. The molecule has 0 aromatic heterocycles. The molecule has 166 valence electrons. The lowest BCUT2D eigenvalue weighted by Gasteiger charge is -2.41. The fourth-order valence-electron chi connectivity index (χ4n) is 4.11. The van der Waals surface area contributed by atoms with Crippen LogP contribution in [0.1, 0.15) is 66.7 Å². The molecule has 1 unspecified atom stereocenters. The highest BCUT2D eigenvalue weighted by atomic mass is 28.4. The van der Waals surface area contributed by atoms with Crippen molar-refractivity contribution < 1.29 is 23.5 Å². The standard InChI is InChI=1S/C23H40O5Si/c1-8-9-10-11-17(26-16(2)25)12-13-18-19(15-24)22-21(14-20(18)27-22)28-29(6,7)23(3,4)5/h12-13,15,17-22H,8-11,14H2,1-7H3/b13-12+/t17?,18-,19+,20-,21+,22-/m1/s1. The van der Waals surface area contributed by atoms with Crippen molar-refractivity contribution >= 4 is 20.6 Å². The third-order valence-electron chi connectivity index (χ3n) is 6.78. The van der Waals surface area contributed by atoms with Crippen molar-refractivity contribution in [2.24, 2.45) is 11.8 Å². The summed E-state index contributed by atoms with van der Waals surface area (Å²) in [5, 5.41) is 0.126. The summed E-state index contributed by atoms with van der Waals surface area (Å²) in [6.07, 6.45) is 9.52. The van der Waals surface area contributed by atoms with E-state index in [1.54, 1.807) is 0 Å². The van der Waals surface area contributed by atoms with Gasteiger partial charge in [-0.05, 0) is 37.0 Å². The molecule has 0 amide bonds. The molecule has 29 heavy (non-hydrogen) atoms. The quantitative estimate of drug-likeness (QED) is 0.161. The lowest BCUT2D eigenvalue weighted by Crippen LogP contribution is -2.49. The Morgan fingerprint density at radius 1 is 1.24 bits per heavy atom. The molecular weight excluding hydrogens is 384 g/mol. The number of unbranched alkanes of at least 4 members (excludes halogenated alkanes) is 2. The molecule has 0 radical (unpaired) electrons. The second-order valence-corrected chi connectivity index (χ2v) is 14.9. The maximum atomic E-state index is 11.9. The summed E-state index contributed by atoms with van der Waals surface area (Å²) in [7, 11) is -1.92. The van der Waals surface area contributed by atoms with Crippen LogP contribution in [0.5, 0.6) is 0 Å². The average Bonchev–Trinajstić information content (AvgIpc) is 3.15. The number of carbonyl (C=O) groups is 2. The summed E-state index contributed by atoms with van der Waals surface area (Å²) in [5.41, 5.74) is 0. The molecule has 0 N–H and O–H groups in total. The predicted molar refractivity (Wildman–Crippen MR) is 117 cm³/mol. The molecule has 6 atom stereocenters. The Bertz CT molecular complexity index is 595. The van der Waals surface area contributed by atoms with Gasteiger partial charge in [0, 0.05) is 19.3 Å². The van der Waals surface area contributed by atoms with E-state index in [0.29, 0.717) is 0 Å². The number of hydrogen-bond donors (Lipinski definition) is 0. The van der Waals surface area contributed by atoms with Crippen molar-refractivity contribution in [1.29, 1.82) is 0 Å². The molecule has 2 aliphatic rings. The van der Waals surface area contributed by atoms with E-state index >= 15 is 0 Å². The van der Waals surface area contributed by atoms with E-state index in [2.05, 4.69) is 40.8 Å². The van der Waals surface area contributed by atoms with Crippen LogP contribution in [0.2, 0.25) is 18.1 Å². The second-order valence-electron chi connectivity index (χ2n) is 10.1. The van der Waals surface area contributed by atoms with Crippen LogP contribution in [0.15, 0.2) is 12.2 Å². The van der Waals surface area contributed by atoms with Gasteiger partial charge in [0.05, 0.1) is 24.2 Å². The molecule has 5 nitrogen and oxygen atoms in total. The molecule has 2 aliphatic heterocycles. The molecule has 0 saturated carbocycles. The van der Waals surface area contributed by atoms with Gasteiger partial charge in [-0.2, -0.15) is 0 Å². The molecule has 6 heteroatoms.